The van der Waals surface area contributed by atoms with Crippen LogP contribution in [0.25, 0.3) is 10.8 Å². The van der Waals surface area contributed by atoms with Crippen molar-refractivity contribution in [1.82, 2.24) is 0 Å². The van der Waals surface area contributed by atoms with Crippen LogP contribution < -0.4 is 0 Å². The molecule has 2 aromatic carbocycles. The fourth-order valence-corrected chi connectivity index (χ4v) is 2.95. The van der Waals surface area contributed by atoms with Crippen molar-refractivity contribution in [2.24, 2.45) is 0 Å². The molecular formula is C16H21Cl2Zr-. The maximum Gasteiger partial charge on any atom is 0 e. The number of halogens is 2. The van der Waals surface area contributed by atoms with E-state index in [9.17, 15) is 0 Å². The number of aryl methyl sites for hydroxylation is 2. The van der Waals surface area contributed by atoms with E-state index >= 15 is 0 Å². The number of rotatable bonds is 2. The Morgan fingerprint density at radius 3 is 2.42 bits per heavy atom. The van der Waals surface area contributed by atoms with Crippen LogP contribution >= 0.6 is 24.8 Å². The van der Waals surface area contributed by atoms with E-state index in [4.69, 9.17) is 0 Å². The first kappa shape index (κ1) is 19.3. The third-order valence-electron chi connectivity index (χ3n) is 4.16. The summed E-state index contributed by atoms with van der Waals surface area (Å²) in [7, 11) is 0. The summed E-state index contributed by atoms with van der Waals surface area (Å²) >= 11 is 0. The average Bonchev–Trinajstić information content (AvgIpc) is 2.90. The minimum atomic E-state index is 0. The van der Waals surface area contributed by atoms with E-state index in [-0.39, 0.29) is 51.0 Å². The van der Waals surface area contributed by atoms with Gasteiger partial charge in [0.2, 0.25) is 0 Å². The Labute approximate surface area is 147 Å². The average molecular weight is 375 g/mol. The van der Waals surface area contributed by atoms with Gasteiger partial charge in [-0.3, -0.25) is 0 Å². The Hall–Kier alpha value is 0.293. The van der Waals surface area contributed by atoms with E-state index < -0.39 is 0 Å². The summed E-state index contributed by atoms with van der Waals surface area (Å²) in [5, 5.41) is 2.96. The van der Waals surface area contributed by atoms with Crippen molar-refractivity contribution in [1.29, 1.82) is 0 Å². The molecule has 3 rings (SSSR count). The van der Waals surface area contributed by atoms with Gasteiger partial charge in [-0.25, -0.2) is 0 Å². The quantitative estimate of drug-likeness (QED) is 0.617. The summed E-state index contributed by atoms with van der Waals surface area (Å²) in [6.07, 6.45) is 5.16. The minimum absolute atomic E-state index is 0. The predicted octanol–water partition coefficient (Wildman–Crippen LogP) is 5.40. The summed E-state index contributed by atoms with van der Waals surface area (Å²) in [6.45, 7) is 4.61. The minimum Gasteiger partial charge on any atom is -0.151 e. The second-order valence-corrected chi connectivity index (χ2v) is 5.16. The largest absolute Gasteiger partial charge is 0.151 e. The molecule has 0 amide bonds. The van der Waals surface area contributed by atoms with Crippen LogP contribution in [0.2, 0.25) is 0 Å². The van der Waals surface area contributed by atoms with Gasteiger partial charge in [0.1, 0.15) is 0 Å². The zero-order chi connectivity index (χ0) is 11.1. The van der Waals surface area contributed by atoms with Gasteiger partial charge in [0.15, 0.2) is 0 Å². The van der Waals surface area contributed by atoms with Gasteiger partial charge in [-0.2, -0.15) is 5.56 Å². The van der Waals surface area contributed by atoms with Crippen LogP contribution in [-0.4, -0.2) is 0 Å². The smallest absolute Gasteiger partial charge is 0 e. The van der Waals surface area contributed by atoms with Crippen LogP contribution in [0.4, 0.5) is 0 Å². The van der Waals surface area contributed by atoms with Crippen molar-refractivity contribution >= 4 is 35.6 Å². The SMILES string of the molecule is CCC(C)c1c[cH-]c2cc3c(cc12)CCC3.Cl.Cl.[Zr]. The summed E-state index contributed by atoms with van der Waals surface area (Å²) in [6, 6.07) is 9.51. The topological polar surface area (TPSA) is 0 Å². The molecule has 0 nitrogen and oxygen atoms in total. The number of hydrogen-bond acceptors (Lipinski definition) is 0. The van der Waals surface area contributed by atoms with E-state index in [1.54, 1.807) is 16.7 Å². The molecule has 0 aliphatic heterocycles. The zero-order valence-corrected chi connectivity index (χ0v) is 15.6. The summed E-state index contributed by atoms with van der Waals surface area (Å²) < 4.78 is 0. The van der Waals surface area contributed by atoms with Crippen LogP contribution in [0, 0.1) is 0 Å². The standard InChI is InChI=1S/C16H19.2ClH.Zr/c1-3-11(2)15-8-7-14-9-12-5-4-6-13(12)10-16(14)15;;;/h7-11H,3-6H2,1-2H3;2*1H;/q-1;;;. The van der Waals surface area contributed by atoms with Crippen LogP contribution in [0.5, 0.6) is 0 Å². The molecule has 0 bridgehead atoms. The summed E-state index contributed by atoms with van der Waals surface area (Å²) in [5.74, 6) is 0.692. The van der Waals surface area contributed by atoms with Crippen molar-refractivity contribution in [3.63, 3.8) is 0 Å². The van der Waals surface area contributed by atoms with Crippen LogP contribution in [-0.2, 0) is 39.0 Å². The van der Waals surface area contributed by atoms with Gasteiger partial charge in [-0.1, -0.05) is 37.3 Å². The normalized spacial score (nSPS) is 14.0. The molecule has 104 valence electrons. The second-order valence-electron chi connectivity index (χ2n) is 5.16. The molecule has 0 fully saturated rings. The third kappa shape index (κ3) is 3.49. The molecule has 3 heteroatoms. The maximum atomic E-state index is 2.46. The maximum absolute atomic E-state index is 2.46. The molecule has 1 unspecified atom stereocenters. The fourth-order valence-electron chi connectivity index (χ4n) is 2.95. The van der Waals surface area contributed by atoms with Crippen LogP contribution in [0.3, 0.4) is 0 Å². The molecule has 0 saturated heterocycles. The van der Waals surface area contributed by atoms with Gasteiger partial charge in [0, 0.05) is 26.2 Å². The van der Waals surface area contributed by atoms with E-state index in [2.05, 4.69) is 38.1 Å². The molecule has 0 spiro atoms. The van der Waals surface area contributed by atoms with Crippen molar-refractivity contribution in [3.8, 4) is 0 Å². The number of fused-ring (bicyclic) bond motifs is 2. The molecule has 0 aromatic heterocycles. The molecule has 0 N–H and O–H groups in total. The Bertz CT molecular complexity index is 531. The van der Waals surface area contributed by atoms with E-state index in [0.29, 0.717) is 5.92 Å². The van der Waals surface area contributed by atoms with Gasteiger partial charge in [0.25, 0.3) is 0 Å². The Morgan fingerprint density at radius 1 is 1.16 bits per heavy atom. The molecule has 0 radical (unpaired) electrons. The first-order chi connectivity index (χ1) is 7.79. The van der Waals surface area contributed by atoms with Gasteiger partial charge in [-0.05, 0) is 19.3 Å². The van der Waals surface area contributed by atoms with Crippen LogP contribution in [0.15, 0.2) is 24.3 Å². The fraction of sp³-hybridized carbons (Fsp3) is 0.438. The Morgan fingerprint density at radius 2 is 1.79 bits per heavy atom. The predicted molar refractivity (Wildman–Crippen MR) is 84.8 cm³/mol. The molecule has 1 aliphatic rings. The van der Waals surface area contributed by atoms with Crippen molar-refractivity contribution in [2.75, 3.05) is 0 Å². The molecule has 19 heavy (non-hydrogen) atoms. The van der Waals surface area contributed by atoms with Crippen molar-refractivity contribution < 1.29 is 26.2 Å². The molecule has 2 aromatic rings. The van der Waals surface area contributed by atoms with E-state index in [1.807, 2.05) is 0 Å². The molecule has 0 heterocycles. The number of hydrogen-bond donors (Lipinski definition) is 0. The van der Waals surface area contributed by atoms with Crippen molar-refractivity contribution in [3.05, 3.63) is 41.0 Å². The summed E-state index contributed by atoms with van der Waals surface area (Å²) in [4.78, 5) is 0. The Kier molecular flexibility index (Phi) is 8.04. The molecule has 1 aliphatic carbocycles. The molecular weight excluding hydrogens is 354 g/mol. The van der Waals surface area contributed by atoms with Crippen LogP contribution in [0.1, 0.15) is 49.3 Å². The first-order valence-electron chi connectivity index (χ1n) is 6.50. The Balaban J connectivity index is 0.00000108. The van der Waals surface area contributed by atoms with Gasteiger partial charge in [0.05, 0.1) is 0 Å². The third-order valence-corrected chi connectivity index (χ3v) is 4.16. The van der Waals surface area contributed by atoms with Crippen molar-refractivity contribution in [2.45, 2.75) is 45.4 Å². The second kappa shape index (κ2) is 7.91. The van der Waals surface area contributed by atoms with Gasteiger partial charge < -0.3 is 0 Å². The zero-order valence-electron chi connectivity index (χ0n) is 11.5. The monoisotopic (exact) mass is 373 g/mol. The summed E-state index contributed by atoms with van der Waals surface area (Å²) in [5.41, 5.74) is 4.74. The van der Waals surface area contributed by atoms with Gasteiger partial charge >= 0.3 is 0 Å². The van der Waals surface area contributed by atoms with E-state index in [1.165, 1.54) is 36.5 Å². The molecule has 0 saturated carbocycles. The molecule has 1 atom stereocenters. The first-order valence-corrected chi connectivity index (χ1v) is 6.50. The van der Waals surface area contributed by atoms with E-state index in [0.717, 1.165) is 0 Å². The number of benzene rings is 1. The van der Waals surface area contributed by atoms with Gasteiger partial charge in [-0.15, -0.1) is 59.9 Å².